The summed E-state index contributed by atoms with van der Waals surface area (Å²) >= 11 is 0. The fourth-order valence-corrected chi connectivity index (χ4v) is 6.35. The predicted molar refractivity (Wildman–Crippen MR) is 161 cm³/mol. The number of hydrogen-bond donors (Lipinski definition) is 2. The summed E-state index contributed by atoms with van der Waals surface area (Å²) in [5.41, 5.74) is 0.112. The van der Waals surface area contributed by atoms with Crippen LogP contribution < -0.4 is 29.4 Å². The van der Waals surface area contributed by atoms with Gasteiger partial charge in [0.05, 0.1) is 29.0 Å². The molecular weight excluding hydrogens is 647 g/mol. The SMILES string of the molecule is CNS(=O)(=O)Nc1cccc(Cc2c(C)c3ccc(OCCCOc4no[n+]([O-])c4S(=O)(=O)c4ccccc4)cc3oc2=O)c1F. The Kier molecular flexibility index (Phi) is 9.27. The molecule has 0 aliphatic heterocycles. The number of nitrogens with zero attached hydrogens (tertiary/aromatic N) is 2. The van der Waals surface area contributed by atoms with Gasteiger partial charge in [-0.25, -0.2) is 22.3 Å². The first-order valence-corrected chi connectivity index (χ1v) is 16.6. The first-order valence-electron chi connectivity index (χ1n) is 13.6. The van der Waals surface area contributed by atoms with Crippen molar-refractivity contribution in [3.05, 3.63) is 105 Å². The summed E-state index contributed by atoms with van der Waals surface area (Å²) in [6, 6.07) is 16.3. The number of anilines is 1. The third-order valence-electron chi connectivity index (χ3n) is 6.87. The van der Waals surface area contributed by atoms with E-state index < -0.39 is 42.4 Å². The van der Waals surface area contributed by atoms with Crippen LogP contribution in [0.2, 0.25) is 0 Å². The van der Waals surface area contributed by atoms with Crippen molar-refractivity contribution >= 4 is 36.7 Å². The summed E-state index contributed by atoms with van der Waals surface area (Å²) in [6.07, 6.45) is 0.112. The van der Waals surface area contributed by atoms with Gasteiger partial charge in [-0.15, -0.1) is 0 Å². The number of fused-ring (bicyclic) bond motifs is 1. The van der Waals surface area contributed by atoms with E-state index in [0.717, 1.165) is 0 Å². The minimum absolute atomic E-state index is 0.0663. The van der Waals surface area contributed by atoms with Gasteiger partial charge < -0.3 is 19.1 Å². The summed E-state index contributed by atoms with van der Waals surface area (Å²) in [5, 5.41) is 15.2. The molecule has 0 spiro atoms. The molecule has 17 heteroatoms. The molecule has 0 unspecified atom stereocenters. The monoisotopic (exact) mass is 674 g/mol. The second-order valence-electron chi connectivity index (χ2n) is 9.82. The van der Waals surface area contributed by atoms with Crippen LogP contribution in [-0.2, 0) is 26.5 Å². The zero-order chi connectivity index (χ0) is 33.1. The highest BCUT2D eigenvalue weighted by atomic mass is 32.2. The zero-order valence-electron chi connectivity index (χ0n) is 24.4. The van der Waals surface area contributed by atoms with Crippen molar-refractivity contribution in [1.29, 1.82) is 0 Å². The first kappa shape index (κ1) is 32.4. The number of hydrogen-bond acceptors (Lipinski definition) is 11. The predicted octanol–water partition coefficient (Wildman–Crippen LogP) is 3.01. The fourth-order valence-electron chi connectivity index (χ4n) is 4.51. The highest BCUT2D eigenvalue weighted by molar-refractivity contribution is 7.91. The third kappa shape index (κ3) is 6.80. The quantitative estimate of drug-likeness (QED) is 0.106. The van der Waals surface area contributed by atoms with Crippen LogP contribution in [0.1, 0.15) is 23.1 Å². The van der Waals surface area contributed by atoms with E-state index >= 15 is 4.39 Å². The molecule has 0 fully saturated rings. The van der Waals surface area contributed by atoms with Crippen LogP contribution in [-0.4, -0.2) is 42.3 Å². The van der Waals surface area contributed by atoms with Crippen molar-refractivity contribution in [3.63, 3.8) is 0 Å². The molecule has 0 saturated carbocycles. The van der Waals surface area contributed by atoms with Gasteiger partial charge in [-0.2, -0.15) is 8.42 Å². The molecule has 0 atom stereocenters. The van der Waals surface area contributed by atoms with Crippen LogP contribution in [0.4, 0.5) is 10.1 Å². The normalized spacial score (nSPS) is 11.9. The number of benzene rings is 3. The van der Waals surface area contributed by atoms with Gasteiger partial charge in [0.15, 0.2) is 5.82 Å². The second kappa shape index (κ2) is 13.2. The maximum atomic E-state index is 15.1. The Morgan fingerprint density at radius 3 is 2.48 bits per heavy atom. The minimum Gasteiger partial charge on any atom is -0.493 e. The molecule has 5 aromatic rings. The van der Waals surface area contributed by atoms with Crippen molar-refractivity contribution in [2.75, 3.05) is 25.0 Å². The van der Waals surface area contributed by atoms with Crippen LogP contribution in [0.5, 0.6) is 11.6 Å². The molecule has 0 saturated heterocycles. The van der Waals surface area contributed by atoms with Crippen LogP contribution >= 0.6 is 0 Å². The highest BCUT2D eigenvalue weighted by Crippen LogP contribution is 2.28. The molecule has 0 bridgehead atoms. The van der Waals surface area contributed by atoms with Crippen LogP contribution in [0.25, 0.3) is 11.0 Å². The van der Waals surface area contributed by atoms with Crippen molar-refractivity contribution in [2.45, 2.75) is 29.7 Å². The molecule has 3 aromatic carbocycles. The maximum Gasteiger partial charge on any atom is 0.414 e. The Labute approximate surface area is 262 Å². The largest absolute Gasteiger partial charge is 0.493 e. The average Bonchev–Trinajstić information content (AvgIpc) is 3.41. The van der Waals surface area contributed by atoms with E-state index in [1.165, 1.54) is 55.6 Å². The van der Waals surface area contributed by atoms with Gasteiger partial charge in [0.1, 0.15) is 11.3 Å². The molecule has 46 heavy (non-hydrogen) atoms. The number of nitrogens with one attached hydrogen (secondary N) is 2. The van der Waals surface area contributed by atoms with Crippen LogP contribution in [0.15, 0.2) is 90.5 Å². The molecule has 5 rings (SSSR count). The van der Waals surface area contributed by atoms with Gasteiger partial charge in [0.2, 0.25) is 0 Å². The Morgan fingerprint density at radius 1 is 1.00 bits per heavy atom. The molecule has 242 valence electrons. The van der Waals surface area contributed by atoms with E-state index in [-0.39, 0.29) is 58.3 Å². The van der Waals surface area contributed by atoms with Crippen LogP contribution in [0, 0.1) is 17.9 Å². The number of rotatable bonds is 13. The summed E-state index contributed by atoms with van der Waals surface area (Å²) in [5.74, 6) is -0.939. The van der Waals surface area contributed by atoms with Crippen molar-refractivity contribution in [2.24, 2.45) is 0 Å². The van der Waals surface area contributed by atoms with Gasteiger partial charge in [0.25, 0.3) is 20.0 Å². The van der Waals surface area contributed by atoms with E-state index in [0.29, 0.717) is 16.7 Å². The lowest BCUT2D eigenvalue weighted by molar-refractivity contribution is -0.832. The van der Waals surface area contributed by atoms with Gasteiger partial charge in [-0.3, -0.25) is 9.35 Å². The van der Waals surface area contributed by atoms with Crippen molar-refractivity contribution in [1.82, 2.24) is 9.88 Å². The molecule has 14 nitrogen and oxygen atoms in total. The average molecular weight is 675 g/mol. The topological polar surface area (TPSA) is 194 Å². The molecular formula is C29H27FN4O10S2. The number of ether oxygens (including phenoxy) is 2. The standard InChI is InChI=1S/C29H27FN4O10S2/c1-18-22-13-12-20(41-14-7-15-42-27-28(34(36)44-32-27)45(37,38)21-9-4-3-5-10-21)17-25(22)43-29(35)23(18)16-19-8-6-11-24(26(19)30)33-46(39,40)31-2/h3-6,8-13,17,31,33H,7,14-16H2,1-2H3. The smallest absolute Gasteiger partial charge is 0.414 e. The molecule has 0 aliphatic rings. The molecule has 2 heterocycles. The second-order valence-corrected chi connectivity index (χ2v) is 13.3. The molecule has 0 aliphatic carbocycles. The van der Waals surface area contributed by atoms with E-state index in [2.05, 4.69) is 14.5 Å². The number of sulfone groups is 1. The molecule has 0 radical (unpaired) electrons. The lowest BCUT2D eigenvalue weighted by Crippen LogP contribution is -2.31. The van der Waals surface area contributed by atoms with Gasteiger partial charge in [0, 0.05) is 36.9 Å². The van der Waals surface area contributed by atoms with Crippen molar-refractivity contribution < 1.29 is 44.6 Å². The van der Waals surface area contributed by atoms with E-state index in [1.54, 1.807) is 25.1 Å². The van der Waals surface area contributed by atoms with E-state index in [9.17, 15) is 26.8 Å². The summed E-state index contributed by atoms with van der Waals surface area (Å²) in [7, 11) is -7.02. The van der Waals surface area contributed by atoms with Gasteiger partial charge in [-0.1, -0.05) is 30.3 Å². The Bertz CT molecular complexity index is 2170. The Balaban J connectivity index is 1.24. The lowest BCUT2D eigenvalue weighted by atomic mass is 9.99. The number of aryl methyl sites for hydroxylation is 1. The van der Waals surface area contributed by atoms with Gasteiger partial charge >= 0.3 is 16.5 Å². The molecule has 2 aromatic heterocycles. The maximum absolute atomic E-state index is 15.1. The minimum atomic E-state index is -4.25. The lowest BCUT2D eigenvalue weighted by Gasteiger charge is -2.12. The van der Waals surface area contributed by atoms with Crippen LogP contribution in [0.3, 0.4) is 0 Å². The third-order valence-corrected chi connectivity index (χ3v) is 9.62. The first-order chi connectivity index (χ1) is 21.9. The fraction of sp³-hybridized carbons (Fsp3) is 0.207. The van der Waals surface area contributed by atoms with Crippen molar-refractivity contribution in [3.8, 4) is 11.6 Å². The number of aromatic nitrogens is 2. The Hall–Kier alpha value is -5.00. The summed E-state index contributed by atoms with van der Waals surface area (Å²) in [4.78, 5) is 12.6. The highest BCUT2D eigenvalue weighted by Gasteiger charge is 2.35. The Morgan fingerprint density at radius 2 is 1.74 bits per heavy atom. The van der Waals surface area contributed by atoms with E-state index in [4.69, 9.17) is 13.9 Å². The van der Waals surface area contributed by atoms with Gasteiger partial charge in [-0.05, 0) is 53.3 Å². The zero-order valence-corrected chi connectivity index (χ0v) is 26.0. The molecule has 2 N–H and O–H groups in total. The summed E-state index contributed by atoms with van der Waals surface area (Å²) < 4.78 is 89.7. The molecule has 0 amide bonds. The van der Waals surface area contributed by atoms with E-state index in [1.807, 2.05) is 4.72 Å². The number of halogens is 1. The summed E-state index contributed by atoms with van der Waals surface area (Å²) in [6.45, 7) is 1.73.